The first-order valence-corrected chi connectivity index (χ1v) is 4.85. The van der Waals surface area contributed by atoms with Gasteiger partial charge in [-0.25, -0.2) is 0 Å². The van der Waals surface area contributed by atoms with Gasteiger partial charge in [0, 0.05) is 23.3 Å². The smallest absolute Gasteiger partial charge is 0.492 e. The molecule has 0 aliphatic rings. The Kier molecular flexibility index (Phi) is 4.00. The van der Waals surface area contributed by atoms with Crippen molar-refractivity contribution in [3.05, 3.63) is 18.2 Å². The highest BCUT2D eigenvalue weighted by Crippen LogP contribution is 2.16. The van der Waals surface area contributed by atoms with Crippen LogP contribution in [-0.4, -0.2) is 30.3 Å². The lowest BCUT2D eigenvalue weighted by atomic mass is 9.79. The Labute approximate surface area is 90.0 Å². The van der Waals surface area contributed by atoms with E-state index in [0.717, 1.165) is 5.69 Å². The Balaban J connectivity index is 2.97. The van der Waals surface area contributed by atoms with E-state index in [9.17, 15) is 0 Å². The predicted octanol–water partition coefficient (Wildman–Crippen LogP) is 0.195. The molecule has 0 aliphatic carbocycles. The first-order chi connectivity index (χ1) is 7.04. The molecule has 0 unspecified atom stereocenters. The van der Waals surface area contributed by atoms with Crippen LogP contribution >= 0.6 is 0 Å². The van der Waals surface area contributed by atoms with Gasteiger partial charge < -0.3 is 20.1 Å². The second-order valence-electron chi connectivity index (χ2n) is 3.63. The Morgan fingerprint density at radius 1 is 1.33 bits per heavy atom. The molecule has 0 bridgehead atoms. The van der Waals surface area contributed by atoms with Crippen molar-refractivity contribution in [2.75, 3.05) is 12.4 Å². The van der Waals surface area contributed by atoms with Crippen LogP contribution in [0.15, 0.2) is 18.2 Å². The number of benzene rings is 1. The fraction of sp³-hybridized carbons (Fsp3) is 0.400. The molecule has 1 aromatic carbocycles. The maximum Gasteiger partial charge on any atom is 0.492 e. The molecule has 0 radical (unpaired) electrons. The van der Waals surface area contributed by atoms with E-state index < -0.39 is 7.12 Å². The Bertz CT molecular complexity index is 328. The SMILES string of the molecule is COc1cc(NC(C)C)ccc1B(O)O. The van der Waals surface area contributed by atoms with Crippen molar-refractivity contribution < 1.29 is 14.8 Å². The molecule has 0 fully saturated rings. The van der Waals surface area contributed by atoms with Gasteiger partial charge in [0.15, 0.2) is 0 Å². The average molecular weight is 209 g/mol. The van der Waals surface area contributed by atoms with Crippen LogP contribution in [0.4, 0.5) is 5.69 Å². The minimum atomic E-state index is -1.51. The molecule has 5 heteroatoms. The number of ether oxygens (including phenoxy) is 1. The van der Waals surface area contributed by atoms with Crippen molar-refractivity contribution in [1.82, 2.24) is 0 Å². The van der Waals surface area contributed by atoms with Crippen LogP contribution in [0, 0.1) is 0 Å². The van der Waals surface area contributed by atoms with E-state index in [1.807, 2.05) is 13.8 Å². The highest BCUT2D eigenvalue weighted by atomic mass is 16.5. The summed E-state index contributed by atoms with van der Waals surface area (Å²) in [5, 5.41) is 21.3. The molecule has 4 nitrogen and oxygen atoms in total. The van der Waals surface area contributed by atoms with Gasteiger partial charge in [0.25, 0.3) is 0 Å². The average Bonchev–Trinajstić information content (AvgIpc) is 2.16. The summed E-state index contributed by atoms with van der Waals surface area (Å²) in [5.74, 6) is 0.468. The number of hydrogen-bond donors (Lipinski definition) is 3. The van der Waals surface area contributed by atoms with Gasteiger partial charge in [0.2, 0.25) is 0 Å². The monoisotopic (exact) mass is 209 g/mol. The highest BCUT2D eigenvalue weighted by Gasteiger charge is 2.16. The molecular weight excluding hydrogens is 193 g/mol. The molecule has 0 aromatic heterocycles. The fourth-order valence-corrected chi connectivity index (χ4v) is 1.35. The number of nitrogens with one attached hydrogen (secondary N) is 1. The highest BCUT2D eigenvalue weighted by molar-refractivity contribution is 6.59. The number of hydrogen-bond acceptors (Lipinski definition) is 4. The molecule has 0 saturated heterocycles. The largest absolute Gasteiger partial charge is 0.497 e. The van der Waals surface area contributed by atoms with Crippen LogP contribution in [0.3, 0.4) is 0 Å². The molecule has 0 atom stereocenters. The Morgan fingerprint density at radius 3 is 2.47 bits per heavy atom. The van der Waals surface area contributed by atoms with E-state index in [-0.39, 0.29) is 0 Å². The molecule has 0 amide bonds. The molecule has 1 aromatic rings. The van der Waals surface area contributed by atoms with Crippen molar-refractivity contribution in [2.45, 2.75) is 19.9 Å². The zero-order valence-corrected chi connectivity index (χ0v) is 9.19. The third kappa shape index (κ3) is 3.14. The third-order valence-corrected chi connectivity index (χ3v) is 1.97. The van der Waals surface area contributed by atoms with Crippen LogP contribution in [0.5, 0.6) is 5.75 Å². The molecule has 0 saturated carbocycles. The van der Waals surface area contributed by atoms with Crippen LogP contribution < -0.4 is 15.5 Å². The van der Waals surface area contributed by atoms with Crippen molar-refractivity contribution >= 4 is 18.3 Å². The van der Waals surface area contributed by atoms with Gasteiger partial charge >= 0.3 is 7.12 Å². The van der Waals surface area contributed by atoms with Gasteiger partial charge in [-0.05, 0) is 19.9 Å². The zero-order chi connectivity index (χ0) is 11.4. The summed E-state index contributed by atoms with van der Waals surface area (Å²) < 4.78 is 5.07. The topological polar surface area (TPSA) is 61.7 Å². The lowest BCUT2D eigenvalue weighted by Crippen LogP contribution is -2.31. The normalized spacial score (nSPS) is 10.3. The standard InChI is InChI=1S/C10H16BNO3/c1-7(2)12-8-4-5-9(11(13)14)10(6-8)15-3/h4-7,12-14H,1-3H3. The van der Waals surface area contributed by atoms with Gasteiger partial charge in [-0.15, -0.1) is 0 Å². The first kappa shape index (κ1) is 11.9. The fourth-order valence-electron chi connectivity index (χ4n) is 1.35. The second-order valence-corrected chi connectivity index (χ2v) is 3.63. The quantitative estimate of drug-likeness (QED) is 0.619. The summed E-state index contributed by atoms with van der Waals surface area (Å²) in [7, 11) is -0.00607. The molecule has 0 aliphatic heterocycles. The summed E-state index contributed by atoms with van der Waals surface area (Å²) in [6, 6.07) is 5.49. The van der Waals surface area contributed by atoms with E-state index >= 15 is 0 Å². The second kappa shape index (κ2) is 5.05. The van der Waals surface area contributed by atoms with Gasteiger partial charge in [-0.3, -0.25) is 0 Å². The number of rotatable bonds is 4. The molecule has 1 rings (SSSR count). The van der Waals surface area contributed by atoms with Crippen LogP contribution in [0.25, 0.3) is 0 Å². The van der Waals surface area contributed by atoms with E-state index in [1.54, 1.807) is 18.2 Å². The van der Waals surface area contributed by atoms with Crippen LogP contribution in [0.1, 0.15) is 13.8 Å². The van der Waals surface area contributed by atoms with Crippen LogP contribution in [-0.2, 0) is 0 Å². The number of methoxy groups -OCH3 is 1. The summed E-state index contributed by atoms with van der Waals surface area (Å²) >= 11 is 0. The van der Waals surface area contributed by atoms with E-state index in [4.69, 9.17) is 14.8 Å². The maximum absolute atomic E-state index is 9.06. The van der Waals surface area contributed by atoms with Crippen LogP contribution in [0.2, 0.25) is 0 Å². The zero-order valence-electron chi connectivity index (χ0n) is 9.19. The van der Waals surface area contributed by atoms with Gasteiger partial charge in [-0.1, -0.05) is 6.07 Å². The molecule has 3 N–H and O–H groups in total. The summed E-state index contributed by atoms with van der Waals surface area (Å²) in [4.78, 5) is 0. The first-order valence-electron chi connectivity index (χ1n) is 4.85. The summed E-state index contributed by atoms with van der Waals surface area (Å²) in [6.07, 6.45) is 0. The number of anilines is 1. The van der Waals surface area contributed by atoms with Crippen molar-refractivity contribution in [1.29, 1.82) is 0 Å². The lowest BCUT2D eigenvalue weighted by Gasteiger charge is -2.13. The Morgan fingerprint density at radius 2 is 2.00 bits per heavy atom. The van der Waals surface area contributed by atoms with Crippen molar-refractivity contribution in [2.24, 2.45) is 0 Å². The maximum atomic E-state index is 9.06. The van der Waals surface area contributed by atoms with Crippen molar-refractivity contribution in [3.63, 3.8) is 0 Å². The summed E-state index contributed by atoms with van der Waals surface area (Å²) in [5.41, 5.74) is 1.26. The minimum absolute atomic E-state index is 0.319. The third-order valence-electron chi connectivity index (χ3n) is 1.97. The van der Waals surface area contributed by atoms with Crippen molar-refractivity contribution in [3.8, 4) is 5.75 Å². The van der Waals surface area contributed by atoms with Gasteiger partial charge in [0.05, 0.1) is 7.11 Å². The molecule has 15 heavy (non-hydrogen) atoms. The molecular formula is C10H16BNO3. The summed E-state index contributed by atoms with van der Waals surface area (Å²) in [6.45, 7) is 4.06. The minimum Gasteiger partial charge on any atom is -0.497 e. The van der Waals surface area contributed by atoms with Gasteiger partial charge in [0.1, 0.15) is 5.75 Å². The predicted molar refractivity (Wildman–Crippen MR) is 61.6 cm³/mol. The molecule has 0 heterocycles. The van der Waals surface area contributed by atoms with Gasteiger partial charge in [-0.2, -0.15) is 0 Å². The molecule has 0 spiro atoms. The Hall–Kier alpha value is -1.20. The van der Waals surface area contributed by atoms with E-state index in [2.05, 4.69) is 5.32 Å². The lowest BCUT2D eigenvalue weighted by molar-refractivity contribution is 0.403. The van der Waals surface area contributed by atoms with E-state index in [1.165, 1.54) is 7.11 Å². The molecule has 82 valence electrons. The van der Waals surface area contributed by atoms with E-state index in [0.29, 0.717) is 17.3 Å².